The van der Waals surface area contributed by atoms with Crippen LogP contribution >= 0.6 is 0 Å². The Bertz CT molecular complexity index is 661. The van der Waals surface area contributed by atoms with Gasteiger partial charge in [0, 0.05) is 5.56 Å². The first-order valence-electron chi connectivity index (χ1n) is 4.96. The summed E-state index contributed by atoms with van der Waals surface area (Å²) < 4.78 is 1.15. The highest BCUT2D eigenvalue weighted by Gasteiger charge is 2.09. The monoisotopic (exact) mass is 233 g/mol. The van der Waals surface area contributed by atoms with E-state index in [4.69, 9.17) is 10.8 Å². The number of rotatable bonds is 2. The minimum Gasteiger partial charge on any atom is -0.376 e. The van der Waals surface area contributed by atoms with Crippen molar-refractivity contribution in [3.63, 3.8) is 0 Å². The summed E-state index contributed by atoms with van der Waals surface area (Å²) >= 11 is 0. The number of fused-ring (bicyclic) bond motifs is 1. The molecule has 0 saturated heterocycles. The lowest BCUT2D eigenvalue weighted by Crippen LogP contribution is -2.24. The predicted molar refractivity (Wildman–Crippen MR) is 61.5 cm³/mol. The highest BCUT2D eigenvalue weighted by atomic mass is 16.3. The molecular weight excluding hydrogens is 222 g/mol. The summed E-state index contributed by atoms with van der Waals surface area (Å²) in [5.41, 5.74) is 5.50. The highest BCUT2D eigenvalue weighted by Crippen LogP contribution is 2.11. The van der Waals surface area contributed by atoms with E-state index in [0.717, 1.165) is 4.57 Å². The molecule has 17 heavy (non-hydrogen) atoms. The number of aromatic nitrogens is 2. The molecule has 0 saturated carbocycles. The molecular formula is C11H11N3O3. The van der Waals surface area contributed by atoms with Crippen molar-refractivity contribution >= 4 is 16.8 Å². The van der Waals surface area contributed by atoms with Gasteiger partial charge in [-0.3, -0.25) is 14.2 Å². The van der Waals surface area contributed by atoms with Crippen LogP contribution in [0.2, 0.25) is 0 Å². The van der Waals surface area contributed by atoms with Gasteiger partial charge in [-0.1, -0.05) is 0 Å². The van der Waals surface area contributed by atoms with Gasteiger partial charge in [-0.2, -0.15) is 0 Å². The molecule has 2 rings (SSSR count). The van der Waals surface area contributed by atoms with Crippen LogP contribution in [0.4, 0.5) is 0 Å². The van der Waals surface area contributed by atoms with Crippen LogP contribution in [-0.2, 0) is 6.73 Å². The number of aliphatic hydroxyl groups is 1. The van der Waals surface area contributed by atoms with Gasteiger partial charge < -0.3 is 10.8 Å². The van der Waals surface area contributed by atoms with Crippen molar-refractivity contribution in [1.82, 2.24) is 9.55 Å². The number of carbonyl (C=O) groups excluding carboxylic acids is 1. The van der Waals surface area contributed by atoms with Crippen molar-refractivity contribution in [2.24, 2.45) is 5.73 Å². The summed E-state index contributed by atoms with van der Waals surface area (Å²) in [6.07, 6.45) is 0. The molecule has 88 valence electrons. The van der Waals surface area contributed by atoms with Crippen molar-refractivity contribution in [2.45, 2.75) is 13.7 Å². The van der Waals surface area contributed by atoms with Gasteiger partial charge in [0.05, 0.1) is 10.9 Å². The van der Waals surface area contributed by atoms with Gasteiger partial charge in [0.1, 0.15) is 12.6 Å². The van der Waals surface area contributed by atoms with Crippen molar-refractivity contribution < 1.29 is 9.90 Å². The molecule has 0 aliphatic heterocycles. The molecule has 1 aromatic heterocycles. The number of primary amides is 1. The van der Waals surface area contributed by atoms with Crippen LogP contribution in [0.25, 0.3) is 10.9 Å². The molecule has 0 aliphatic rings. The van der Waals surface area contributed by atoms with E-state index in [1.807, 2.05) is 0 Å². The molecule has 0 aliphatic carbocycles. The van der Waals surface area contributed by atoms with E-state index in [9.17, 15) is 9.59 Å². The van der Waals surface area contributed by atoms with E-state index in [-0.39, 0.29) is 5.56 Å². The van der Waals surface area contributed by atoms with Crippen molar-refractivity contribution in [2.75, 3.05) is 0 Å². The van der Waals surface area contributed by atoms with Gasteiger partial charge in [-0.25, -0.2) is 4.98 Å². The van der Waals surface area contributed by atoms with Gasteiger partial charge in [-0.15, -0.1) is 0 Å². The minimum atomic E-state index is -0.572. The third-order valence-electron chi connectivity index (χ3n) is 2.57. The van der Waals surface area contributed by atoms with Crippen LogP contribution in [0.5, 0.6) is 0 Å². The van der Waals surface area contributed by atoms with Crippen LogP contribution in [0.15, 0.2) is 23.0 Å². The number of nitrogens with two attached hydrogens (primary N) is 1. The molecule has 0 bridgehead atoms. The number of aliphatic hydroxyl groups excluding tert-OH is 1. The third kappa shape index (κ3) is 1.78. The number of hydrogen-bond donors (Lipinski definition) is 2. The summed E-state index contributed by atoms with van der Waals surface area (Å²) in [7, 11) is 0. The van der Waals surface area contributed by atoms with E-state index in [0.29, 0.717) is 22.3 Å². The van der Waals surface area contributed by atoms with Crippen LogP contribution in [0.1, 0.15) is 16.2 Å². The molecule has 0 atom stereocenters. The smallest absolute Gasteiger partial charge is 0.263 e. The summed E-state index contributed by atoms with van der Waals surface area (Å²) in [6.45, 7) is 1.18. The van der Waals surface area contributed by atoms with Gasteiger partial charge in [0.2, 0.25) is 5.91 Å². The van der Waals surface area contributed by atoms with Crippen LogP contribution < -0.4 is 11.3 Å². The zero-order chi connectivity index (χ0) is 12.6. The highest BCUT2D eigenvalue weighted by molar-refractivity contribution is 5.96. The topological polar surface area (TPSA) is 98.2 Å². The number of carbonyl (C=O) groups is 1. The molecule has 3 N–H and O–H groups in total. The molecule has 0 unspecified atom stereocenters. The summed E-state index contributed by atoms with van der Waals surface area (Å²) in [5, 5.41) is 9.39. The molecule has 1 aromatic carbocycles. The summed E-state index contributed by atoms with van der Waals surface area (Å²) in [4.78, 5) is 27.1. The maximum atomic E-state index is 11.9. The number of aryl methyl sites for hydroxylation is 1. The van der Waals surface area contributed by atoms with Crippen LogP contribution in [-0.4, -0.2) is 20.6 Å². The number of hydrogen-bond acceptors (Lipinski definition) is 4. The van der Waals surface area contributed by atoms with Crippen molar-refractivity contribution in [3.05, 3.63) is 39.9 Å². The Morgan fingerprint density at radius 1 is 1.53 bits per heavy atom. The lowest BCUT2D eigenvalue weighted by Gasteiger charge is -2.07. The Kier molecular flexibility index (Phi) is 2.64. The van der Waals surface area contributed by atoms with E-state index < -0.39 is 12.6 Å². The number of amides is 1. The normalized spacial score (nSPS) is 10.7. The Balaban J connectivity index is 2.82. The summed E-state index contributed by atoms with van der Waals surface area (Å²) in [5.74, 6) is -0.190. The van der Waals surface area contributed by atoms with Crippen molar-refractivity contribution in [1.29, 1.82) is 0 Å². The van der Waals surface area contributed by atoms with Gasteiger partial charge in [0.15, 0.2) is 0 Å². The molecule has 1 heterocycles. The first-order valence-corrected chi connectivity index (χ1v) is 4.96. The van der Waals surface area contributed by atoms with Gasteiger partial charge in [0.25, 0.3) is 5.56 Å². The zero-order valence-electron chi connectivity index (χ0n) is 9.17. The molecule has 2 aromatic rings. The SMILES string of the molecule is Cc1nc2cc(C(N)=O)ccc2c(=O)n1CO. The van der Waals surface area contributed by atoms with E-state index >= 15 is 0 Å². The molecule has 0 radical (unpaired) electrons. The fourth-order valence-corrected chi connectivity index (χ4v) is 1.65. The fraction of sp³-hybridized carbons (Fsp3) is 0.182. The quantitative estimate of drug-likeness (QED) is 0.747. The second-order valence-electron chi connectivity index (χ2n) is 3.63. The first kappa shape index (κ1) is 11.3. The van der Waals surface area contributed by atoms with Gasteiger partial charge >= 0.3 is 0 Å². The summed E-state index contributed by atoms with van der Waals surface area (Å²) in [6, 6.07) is 4.41. The molecule has 1 amide bonds. The average molecular weight is 233 g/mol. The van der Waals surface area contributed by atoms with E-state index in [2.05, 4.69) is 4.98 Å². The maximum absolute atomic E-state index is 11.9. The molecule has 0 spiro atoms. The van der Waals surface area contributed by atoms with Crippen LogP contribution in [0, 0.1) is 6.92 Å². The minimum absolute atomic E-state index is 0.297. The fourth-order valence-electron chi connectivity index (χ4n) is 1.65. The molecule has 6 heteroatoms. The second kappa shape index (κ2) is 3.99. The van der Waals surface area contributed by atoms with E-state index in [1.165, 1.54) is 18.2 Å². The Labute approximate surface area is 96.3 Å². The van der Waals surface area contributed by atoms with E-state index in [1.54, 1.807) is 6.92 Å². The van der Waals surface area contributed by atoms with Gasteiger partial charge in [-0.05, 0) is 25.1 Å². The Hall–Kier alpha value is -2.21. The average Bonchev–Trinajstić information content (AvgIpc) is 2.28. The Morgan fingerprint density at radius 3 is 2.82 bits per heavy atom. The second-order valence-corrected chi connectivity index (χ2v) is 3.63. The first-order chi connectivity index (χ1) is 8.04. The zero-order valence-corrected chi connectivity index (χ0v) is 9.17. The predicted octanol–water partition coefficient (Wildman–Crippen LogP) is -0.246. The van der Waals surface area contributed by atoms with Crippen LogP contribution in [0.3, 0.4) is 0 Å². The maximum Gasteiger partial charge on any atom is 0.263 e. The number of nitrogens with zero attached hydrogens (tertiary/aromatic N) is 2. The Morgan fingerprint density at radius 2 is 2.24 bits per heavy atom. The standard InChI is InChI=1S/C11H11N3O3/c1-6-13-9-4-7(10(12)16)2-3-8(9)11(17)14(6)5-15/h2-4,15H,5H2,1H3,(H2,12,16). The molecule has 0 fully saturated rings. The molecule has 6 nitrogen and oxygen atoms in total. The largest absolute Gasteiger partial charge is 0.376 e. The third-order valence-corrected chi connectivity index (χ3v) is 2.57. The lowest BCUT2D eigenvalue weighted by atomic mass is 10.1. The van der Waals surface area contributed by atoms with Crippen molar-refractivity contribution in [3.8, 4) is 0 Å². The lowest BCUT2D eigenvalue weighted by molar-refractivity contribution is 0.100. The number of benzene rings is 1.